The summed E-state index contributed by atoms with van der Waals surface area (Å²) in [5, 5.41) is 0. The van der Waals surface area contributed by atoms with E-state index in [1.165, 1.54) is 18.2 Å². The average Bonchev–Trinajstić information content (AvgIpc) is 2.54. The Hall–Kier alpha value is -1.89. The quantitative estimate of drug-likeness (QED) is 0.617. The van der Waals surface area contributed by atoms with Gasteiger partial charge in [0.15, 0.2) is 5.75 Å². The van der Waals surface area contributed by atoms with Gasteiger partial charge in [-0.3, -0.25) is 0 Å². The molecular weight excluding hydrogens is 270 g/mol. The Bertz CT molecular complexity index is 661. The first-order chi connectivity index (χ1) is 8.78. The van der Waals surface area contributed by atoms with Crippen molar-refractivity contribution in [2.24, 2.45) is 4.99 Å². The maximum Gasteiger partial charge on any atom is 0.345 e. The summed E-state index contributed by atoms with van der Waals surface area (Å²) < 4.78 is 32.3. The van der Waals surface area contributed by atoms with Crippen molar-refractivity contribution in [2.75, 3.05) is 6.26 Å². The molecule has 1 heterocycles. The number of cyclic esters (lactones) is 1. The highest BCUT2D eigenvalue weighted by atomic mass is 32.2. The van der Waals surface area contributed by atoms with E-state index in [0.29, 0.717) is 0 Å². The van der Waals surface area contributed by atoms with Crippen LogP contribution in [0.4, 0.5) is 0 Å². The lowest BCUT2D eigenvalue weighted by atomic mass is 10.1. The van der Waals surface area contributed by atoms with Gasteiger partial charge in [0.25, 0.3) is 0 Å². The van der Waals surface area contributed by atoms with Crippen LogP contribution in [0.25, 0.3) is 0 Å². The lowest BCUT2D eigenvalue weighted by Gasteiger charge is -2.07. The Morgan fingerprint density at radius 2 is 2.00 bits per heavy atom. The van der Waals surface area contributed by atoms with Gasteiger partial charge < -0.3 is 8.92 Å². The number of hydrogen-bond acceptors (Lipinski definition) is 6. The molecule has 0 aliphatic carbocycles. The minimum Gasteiger partial charge on any atom is -0.403 e. The van der Waals surface area contributed by atoms with E-state index in [1.807, 2.05) is 13.8 Å². The summed E-state index contributed by atoms with van der Waals surface area (Å²) >= 11 is 0. The third kappa shape index (κ3) is 2.93. The molecule has 0 spiro atoms. The molecule has 19 heavy (non-hydrogen) atoms. The van der Waals surface area contributed by atoms with Gasteiger partial charge in [0.2, 0.25) is 5.90 Å². The van der Waals surface area contributed by atoms with E-state index >= 15 is 0 Å². The lowest BCUT2D eigenvalue weighted by molar-refractivity contribution is 0.0736. The molecule has 0 saturated heterocycles. The summed E-state index contributed by atoms with van der Waals surface area (Å²) in [6, 6.07) is 4.42. The number of carbonyl (C=O) groups is 1. The number of carbonyl (C=O) groups excluding carboxylic acids is 1. The molecule has 0 fully saturated rings. The second-order valence-corrected chi connectivity index (χ2v) is 5.96. The Balaban J connectivity index is 2.59. The third-order valence-electron chi connectivity index (χ3n) is 2.27. The predicted molar refractivity (Wildman–Crippen MR) is 69.0 cm³/mol. The first-order valence-electron chi connectivity index (χ1n) is 5.61. The van der Waals surface area contributed by atoms with Crippen LogP contribution in [0.3, 0.4) is 0 Å². The van der Waals surface area contributed by atoms with E-state index in [4.69, 9.17) is 8.92 Å². The summed E-state index contributed by atoms with van der Waals surface area (Å²) in [6.07, 6.45) is 0.934. The van der Waals surface area contributed by atoms with E-state index in [0.717, 1.165) is 6.26 Å². The lowest BCUT2D eigenvalue weighted by Crippen LogP contribution is -2.10. The van der Waals surface area contributed by atoms with Crippen LogP contribution in [0.2, 0.25) is 0 Å². The van der Waals surface area contributed by atoms with Crippen molar-refractivity contribution in [1.82, 2.24) is 0 Å². The maximum atomic E-state index is 11.7. The maximum absolute atomic E-state index is 11.7. The van der Waals surface area contributed by atoms with Crippen LogP contribution in [0.5, 0.6) is 5.75 Å². The molecule has 2 rings (SSSR count). The van der Waals surface area contributed by atoms with E-state index in [1.54, 1.807) is 0 Å². The Kier molecular flexibility index (Phi) is 3.32. The number of esters is 1. The smallest absolute Gasteiger partial charge is 0.345 e. The molecule has 1 aromatic carbocycles. The molecule has 102 valence electrons. The number of benzene rings is 1. The fourth-order valence-electron chi connectivity index (χ4n) is 1.67. The fourth-order valence-corrected chi connectivity index (χ4v) is 2.14. The van der Waals surface area contributed by atoms with Gasteiger partial charge in [-0.25, -0.2) is 9.79 Å². The van der Waals surface area contributed by atoms with Crippen molar-refractivity contribution in [3.63, 3.8) is 0 Å². The minimum atomic E-state index is -3.69. The first kappa shape index (κ1) is 13.5. The molecule has 0 atom stereocenters. The van der Waals surface area contributed by atoms with Crippen LogP contribution >= 0.6 is 0 Å². The van der Waals surface area contributed by atoms with Gasteiger partial charge >= 0.3 is 16.1 Å². The highest BCUT2D eigenvalue weighted by Crippen LogP contribution is 2.30. The molecule has 6 nitrogen and oxygen atoms in total. The molecule has 0 aromatic heterocycles. The van der Waals surface area contributed by atoms with Crippen molar-refractivity contribution in [3.8, 4) is 5.75 Å². The number of ether oxygens (including phenoxy) is 1. The highest BCUT2D eigenvalue weighted by molar-refractivity contribution is 7.86. The van der Waals surface area contributed by atoms with Gasteiger partial charge in [-0.05, 0) is 26.0 Å². The van der Waals surface area contributed by atoms with Crippen LogP contribution < -0.4 is 4.18 Å². The molecule has 1 aliphatic rings. The van der Waals surface area contributed by atoms with Gasteiger partial charge in [-0.2, -0.15) is 8.42 Å². The van der Waals surface area contributed by atoms with Crippen molar-refractivity contribution in [1.29, 1.82) is 0 Å². The van der Waals surface area contributed by atoms with Gasteiger partial charge in [0.1, 0.15) is 0 Å². The van der Waals surface area contributed by atoms with Crippen molar-refractivity contribution in [3.05, 3.63) is 29.3 Å². The van der Waals surface area contributed by atoms with Crippen LogP contribution in [0.15, 0.2) is 23.2 Å². The van der Waals surface area contributed by atoms with E-state index in [2.05, 4.69) is 4.99 Å². The first-order valence-corrected chi connectivity index (χ1v) is 7.42. The number of fused-ring (bicyclic) bond motifs is 1. The molecular formula is C12H13NO5S. The average molecular weight is 283 g/mol. The van der Waals surface area contributed by atoms with Gasteiger partial charge in [-0.15, -0.1) is 0 Å². The zero-order valence-corrected chi connectivity index (χ0v) is 11.5. The summed E-state index contributed by atoms with van der Waals surface area (Å²) in [4.78, 5) is 15.8. The van der Waals surface area contributed by atoms with Crippen LogP contribution in [-0.2, 0) is 14.9 Å². The summed E-state index contributed by atoms with van der Waals surface area (Å²) in [5.41, 5.74) is 0.534. The number of aliphatic imine (C=N–C) groups is 1. The van der Waals surface area contributed by atoms with E-state index in [9.17, 15) is 13.2 Å². The topological polar surface area (TPSA) is 82.0 Å². The zero-order chi connectivity index (χ0) is 14.2. The van der Waals surface area contributed by atoms with Crippen LogP contribution in [0.1, 0.15) is 29.8 Å². The highest BCUT2D eigenvalue weighted by Gasteiger charge is 2.32. The van der Waals surface area contributed by atoms with Gasteiger partial charge in [0, 0.05) is 6.04 Å². The van der Waals surface area contributed by atoms with Gasteiger partial charge in [-0.1, -0.05) is 6.07 Å². The Morgan fingerprint density at radius 3 is 2.58 bits per heavy atom. The zero-order valence-electron chi connectivity index (χ0n) is 10.7. The predicted octanol–water partition coefficient (Wildman–Crippen LogP) is 1.35. The van der Waals surface area contributed by atoms with Crippen LogP contribution in [0, 0.1) is 0 Å². The molecule has 0 radical (unpaired) electrons. The van der Waals surface area contributed by atoms with Crippen molar-refractivity contribution < 1.29 is 22.1 Å². The Labute approximate surface area is 111 Å². The largest absolute Gasteiger partial charge is 0.403 e. The number of rotatable bonds is 3. The summed E-state index contributed by atoms with van der Waals surface area (Å²) in [7, 11) is -3.69. The van der Waals surface area contributed by atoms with Crippen molar-refractivity contribution >= 4 is 22.0 Å². The summed E-state index contributed by atoms with van der Waals surface area (Å²) in [5.74, 6) is -0.423. The third-order valence-corrected chi connectivity index (χ3v) is 2.75. The molecule has 0 unspecified atom stereocenters. The van der Waals surface area contributed by atoms with Gasteiger partial charge in [0.05, 0.1) is 17.4 Å². The Morgan fingerprint density at radius 1 is 1.32 bits per heavy atom. The molecule has 7 heteroatoms. The molecule has 1 aromatic rings. The van der Waals surface area contributed by atoms with E-state index < -0.39 is 16.1 Å². The summed E-state index contributed by atoms with van der Waals surface area (Å²) in [6.45, 7) is 3.64. The second-order valence-electron chi connectivity index (χ2n) is 4.38. The molecule has 1 aliphatic heterocycles. The van der Waals surface area contributed by atoms with Crippen LogP contribution in [-0.4, -0.2) is 32.6 Å². The molecule has 0 amide bonds. The molecule has 0 N–H and O–H groups in total. The fraction of sp³-hybridized carbons (Fsp3) is 0.333. The number of hydrogen-bond donors (Lipinski definition) is 0. The monoisotopic (exact) mass is 283 g/mol. The molecule has 0 saturated carbocycles. The molecule has 0 bridgehead atoms. The standard InChI is InChI=1S/C12H13NO5S/c1-7(2)13-11-10-8(12(14)17-11)5-4-6-9(10)18-19(3,15)16/h4-7H,1-3H3. The normalized spacial score (nSPS) is 16.6. The minimum absolute atomic E-state index is 0.0465. The SMILES string of the molecule is CC(C)N=C1OC(=O)c2cccc(OS(C)(=O)=O)c21. The van der Waals surface area contributed by atoms with Crippen molar-refractivity contribution in [2.45, 2.75) is 19.9 Å². The number of nitrogens with zero attached hydrogens (tertiary/aromatic N) is 1. The second kappa shape index (κ2) is 4.65. The van der Waals surface area contributed by atoms with E-state index in [-0.39, 0.29) is 28.8 Å².